The number of rotatable bonds is 5. The highest BCUT2D eigenvalue weighted by molar-refractivity contribution is 7.92. The van der Waals surface area contributed by atoms with E-state index in [1.807, 2.05) is 13.0 Å². The van der Waals surface area contributed by atoms with Gasteiger partial charge in [-0.25, -0.2) is 8.42 Å². The molecule has 0 fully saturated rings. The summed E-state index contributed by atoms with van der Waals surface area (Å²) in [5, 5.41) is 13.9. The summed E-state index contributed by atoms with van der Waals surface area (Å²) < 4.78 is 26.7. The third kappa shape index (κ3) is 3.91. The molecule has 1 aromatic heterocycles. The Morgan fingerprint density at radius 2 is 1.71 bits per heavy atom. The zero-order valence-electron chi connectivity index (χ0n) is 15.2. The summed E-state index contributed by atoms with van der Waals surface area (Å²) in [6.07, 6.45) is 0. The Bertz CT molecular complexity index is 1140. The van der Waals surface area contributed by atoms with Crippen LogP contribution in [0.1, 0.15) is 21.5 Å². The van der Waals surface area contributed by atoms with Gasteiger partial charge in [0.15, 0.2) is 0 Å². The van der Waals surface area contributed by atoms with Gasteiger partial charge in [-0.1, -0.05) is 17.7 Å². The van der Waals surface area contributed by atoms with Gasteiger partial charge in [0.25, 0.3) is 15.9 Å². The van der Waals surface area contributed by atoms with Gasteiger partial charge < -0.3 is 5.32 Å². The summed E-state index contributed by atoms with van der Waals surface area (Å²) >= 11 is 1.27. The number of benzene rings is 2. The normalized spacial score (nSPS) is 10.9. The van der Waals surface area contributed by atoms with Crippen LogP contribution in [0.5, 0.6) is 0 Å². The van der Waals surface area contributed by atoms with Crippen molar-refractivity contribution in [1.29, 1.82) is 5.26 Å². The lowest BCUT2D eigenvalue weighted by Crippen LogP contribution is -2.26. The average molecular weight is 412 g/mol. The second-order valence-corrected chi connectivity index (χ2v) is 8.95. The van der Waals surface area contributed by atoms with E-state index in [-0.39, 0.29) is 10.8 Å². The molecule has 0 atom stereocenters. The van der Waals surface area contributed by atoms with E-state index in [2.05, 4.69) is 5.32 Å². The molecule has 0 aliphatic rings. The first-order chi connectivity index (χ1) is 13.3. The van der Waals surface area contributed by atoms with Gasteiger partial charge >= 0.3 is 0 Å². The lowest BCUT2D eigenvalue weighted by molar-refractivity contribution is 0.102. The fourth-order valence-electron chi connectivity index (χ4n) is 2.50. The van der Waals surface area contributed by atoms with Gasteiger partial charge in [-0.2, -0.15) is 5.26 Å². The van der Waals surface area contributed by atoms with E-state index in [1.54, 1.807) is 60.0 Å². The first-order valence-corrected chi connectivity index (χ1v) is 10.6. The maximum absolute atomic E-state index is 12.8. The van der Waals surface area contributed by atoms with E-state index >= 15 is 0 Å². The van der Waals surface area contributed by atoms with E-state index in [1.165, 1.54) is 22.7 Å². The molecule has 28 heavy (non-hydrogen) atoms. The van der Waals surface area contributed by atoms with Crippen LogP contribution in [0.3, 0.4) is 0 Å². The Kier molecular flexibility index (Phi) is 5.49. The van der Waals surface area contributed by atoms with Crippen LogP contribution in [0.15, 0.2) is 64.9 Å². The van der Waals surface area contributed by atoms with Crippen LogP contribution in [-0.2, 0) is 10.0 Å². The van der Waals surface area contributed by atoms with Gasteiger partial charge in [0.1, 0.15) is 11.1 Å². The van der Waals surface area contributed by atoms with Crippen molar-refractivity contribution in [1.82, 2.24) is 0 Å². The molecule has 0 saturated carbocycles. The Hall–Kier alpha value is -3.15. The fourth-order valence-corrected chi connectivity index (χ4v) is 4.43. The lowest BCUT2D eigenvalue weighted by Gasteiger charge is -2.20. The molecule has 1 N–H and O–H groups in total. The summed E-state index contributed by atoms with van der Waals surface area (Å²) in [6.45, 7) is 1.89. The summed E-state index contributed by atoms with van der Waals surface area (Å²) in [5.74, 6) is -0.366. The first-order valence-electron chi connectivity index (χ1n) is 8.27. The van der Waals surface area contributed by atoms with Crippen LogP contribution in [-0.4, -0.2) is 21.4 Å². The van der Waals surface area contributed by atoms with Crippen LogP contribution in [0.25, 0.3) is 0 Å². The molecule has 0 radical (unpaired) electrons. The maximum Gasteiger partial charge on any atom is 0.264 e. The molecule has 3 aromatic rings. The summed E-state index contributed by atoms with van der Waals surface area (Å²) in [7, 11) is -2.23. The molecule has 0 spiro atoms. The molecule has 3 rings (SSSR count). The zero-order valence-corrected chi connectivity index (χ0v) is 16.8. The second-order valence-electron chi connectivity index (χ2n) is 6.06. The van der Waals surface area contributed by atoms with Crippen molar-refractivity contribution in [3.8, 4) is 6.07 Å². The molecule has 0 aliphatic carbocycles. The quantitative estimate of drug-likeness (QED) is 0.687. The van der Waals surface area contributed by atoms with Gasteiger partial charge in [0, 0.05) is 12.6 Å². The van der Waals surface area contributed by atoms with Crippen molar-refractivity contribution < 1.29 is 13.2 Å². The van der Waals surface area contributed by atoms with Gasteiger partial charge in [-0.05, 0) is 54.8 Å². The molecule has 0 aliphatic heterocycles. The maximum atomic E-state index is 12.8. The molecule has 1 amide bonds. The number of nitrogens with one attached hydrogen (secondary N) is 1. The molecule has 6 nitrogen and oxygen atoms in total. The van der Waals surface area contributed by atoms with E-state index < -0.39 is 10.0 Å². The zero-order chi connectivity index (χ0) is 20.3. The lowest BCUT2D eigenvalue weighted by atomic mass is 10.2. The number of anilines is 2. The number of aryl methyl sites for hydroxylation is 1. The number of nitrogens with zero attached hydrogens (tertiary/aromatic N) is 2. The molecular weight excluding hydrogens is 394 g/mol. The van der Waals surface area contributed by atoms with Crippen molar-refractivity contribution in [3.63, 3.8) is 0 Å². The molecule has 1 heterocycles. The van der Waals surface area contributed by atoms with Crippen LogP contribution in [0.2, 0.25) is 0 Å². The molecule has 0 bridgehead atoms. The van der Waals surface area contributed by atoms with Gasteiger partial charge in [-0.15, -0.1) is 11.3 Å². The number of carbonyl (C=O) groups is 1. The third-order valence-corrected chi connectivity index (χ3v) is 6.81. The smallest absolute Gasteiger partial charge is 0.264 e. The van der Waals surface area contributed by atoms with Crippen LogP contribution < -0.4 is 9.62 Å². The van der Waals surface area contributed by atoms with E-state index in [0.29, 0.717) is 21.8 Å². The van der Waals surface area contributed by atoms with Gasteiger partial charge in [0.2, 0.25) is 0 Å². The van der Waals surface area contributed by atoms with E-state index in [0.717, 1.165) is 5.56 Å². The van der Waals surface area contributed by atoms with Crippen molar-refractivity contribution in [2.75, 3.05) is 16.7 Å². The predicted molar refractivity (Wildman–Crippen MR) is 110 cm³/mol. The first kappa shape index (κ1) is 19.6. The van der Waals surface area contributed by atoms with Gasteiger partial charge in [-0.3, -0.25) is 9.10 Å². The number of amides is 1. The van der Waals surface area contributed by atoms with Crippen molar-refractivity contribution in [2.24, 2.45) is 0 Å². The minimum Gasteiger partial charge on any atom is -0.312 e. The molecular formula is C20H17N3O3S2. The Morgan fingerprint density at radius 1 is 1.07 bits per heavy atom. The van der Waals surface area contributed by atoms with Crippen molar-refractivity contribution >= 4 is 38.0 Å². The highest BCUT2D eigenvalue weighted by Crippen LogP contribution is 2.25. The predicted octanol–water partition coefficient (Wildman–Crippen LogP) is 4.01. The number of thiophene rings is 1. The summed E-state index contributed by atoms with van der Waals surface area (Å²) in [5.41, 5.74) is 2.18. The summed E-state index contributed by atoms with van der Waals surface area (Å²) in [4.78, 5) is 12.6. The number of sulfonamides is 1. The molecule has 142 valence electrons. The molecule has 0 unspecified atom stereocenters. The Labute approximate surface area is 167 Å². The third-order valence-electron chi connectivity index (χ3n) is 4.19. The number of carbonyl (C=O) groups excluding carboxylic acids is 1. The summed E-state index contributed by atoms with van der Waals surface area (Å²) in [6, 6.07) is 16.5. The number of hydrogen-bond donors (Lipinski definition) is 1. The van der Waals surface area contributed by atoms with Crippen molar-refractivity contribution in [3.05, 3.63) is 76.7 Å². The fraction of sp³-hybridized carbons (Fsp3) is 0.100. The largest absolute Gasteiger partial charge is 0.312 e. The molecule has 0 saturated heterocycles. The van der Waals surface area contributed by atoms with Crippen LogP contribution >= 0.6 is 11.3 Å². The van der Waals surface area contributed by atoms with E-state index in [4.69, 9.17) is 5.26 Å². The Morgan fingerprint density at radius 3 is 2.32 bits per heavy atom. The molecule has 2 aromatic carbocycles. The SMILES string of the molecule is Cc1ccc(S(=O)(=O)N(C)c2ccc(C(=O)Nc3sccc3C#N)cc2)cc1. The minimum absolute atomic E-state index is 0.198. The number of hydrogen-bond acceptors (Lipinski definition) is 5. The highest BCUT2D eigenvalue weighted by atomic mass is 32.2. The monoisotopic (exact) mass is 411 g/mol. The number of nitriles is 1. The van der Waals surface area contributed by atoms with Crippen LogP contribution in [0, 0.1) is 18.3 Å². The average Bonchev–Trinajstić information content (AvgIpc) is 3.15. The van der Waals surface area contributed by atoms with E-state index in [9.17, 15) is 13.2 Å². The standard InChI is InChI=1S/C20H17N3O3S2/c1-14-3-9-18(10-4-14)28(25,26)23(2)17-7-5-15(6-8-17)19(24)22-20-16(13-21)11-12-27-20/h3-12H,1-2H3,(H,22,24). The van der Waals surface area contributed by atoms with Crippen LogP contribution in [0.4, 0.5) is 10.7 Å². The Balaban J connectivity index is 1.79. The topological polar surface area (TPSA) is 90.3 Å². The highest BCUT2D eigenvalue weighted by Gasteiger charge is 2.21. The molecule has 8 heteroatoms. The van der Waals surface area contributed by atoms with Gasteiger partial charge in [0.05, 0.1) is 16.1 Å². The minimum atomic E-state index is -3.69. The second kappa shape index (κ2) is 7.84. The van der Waals surface area contributed by atoms with Crippen molar-refractivity contribution in [2.45, 2.75) is 11.8 Å².